The summed E-state index contributed by atoms with van der Waals surface area (Å²) in [5.41, 5.74) is 0.536. The lowest BCUT2D eigenvalue weighted by Crippen LogP contribution is -2.31. The fourth-order valence-corrected chi connectivity index (χ4v) is 1.71. The molecule has 1 aromatic rings. The standard InChI is InChI=1S/C12H13ClF3NO2/c13-9-2-4-10(5-3-9)17(8-11(18)19)7-1-6-12(14,15)16/h2-5H,1,6-8H2,(H,18,19). The molecular formula is C12H13ClF3NO2. The second kappa shape index (κ2) is 6.65. The number of hydrogen-bond donors (Lipinski definition) is 1. The van der Waals surface area contributed by atoms with Crippen LogP contribution in [0.5, 0.6) is 0 Å². The number of aliphatic carboxylic acids is 1. The van der Waals surface area contributed by atoms with E-state index in [1.165, 1.54) is 4.90 Å². The second-order valence-corrected chi connectivity index (χ2v) is 4.45. The highest BCUT2D eigenvalue weighted by Gasteiger charge is 2.26. The van der Waals surface area contributed by atoms with Crippen molar-refractivity contribution in [3.8, 4) is 0 Å². The van der Waals surface area contributed by atoms with Gasteiger partial charge in [-0.05, 0) is 30.7 Å². The number of rotatable bonds is 6. The Morgan fingerprint density at radius 3 is 2.32 bits per heavy atom. The van der Waals surface area contributed by atoms with Gasteiger partial charge in [-0.1, -0.05) is 11.6 Å². The van der Waals surface area contributed by atoms with Crippen molar-refractivity contribution in [3.05, 3.63) is 29.3 Å². The molecule has 0 spiro atoms. The first-order chi connectivity index (χ1) is 8.78. The van der Waals surface area contributed by atoms with Crippen molar-refractivity contribution in [3.63, 3.8) is 0 Å². The summed E-state index contributed by atoms with van der Waals surface area (Å²) in [5, 5.41) is 9.25. The zero-order valence-corrected chi connectivity index (χ0v) is 10.7. The molecule has 0 aliphatic rings. The number of halogens is 4. The van der Waals surface area contributed by atoms with Crippen LogP contribution in [0.3, 0.4) is 0 Å². The Labute approximate surface area is 113 Å². The summed E-state index contributed by atoms with van der Waals surface area (Å²) >= 11 is 5.70. The molecule has 0 saturated heterocycles. The molecule has 1 rings (SSSR count). The van der Waals surface area contributed by atoms with Crippen LogP contribution in [0, 0.1) is 0 Å². The third-order valence-electron chi connectivity index (χ3n) is 2.41. The molecule has 19 heavy (non-hydrogen) atoms. The monoisotopic (exact) mass is 295 g/mol. The van der Waals surface area contributed by atoms with E-state index in [1.54, 1.807) is 24.3 Å². The summed E-state index contributed by atoms with van der Waals surface area (Å²) < 4.78 is 36.2. The molecule has 0 saturated carbocycles. The number of alkyl halides is 3. The van der Waals surface area contributed by atoms with Gasteiger partial charge in [-0.2, -0.15) is 13.2 Å². The lowest BCUT2D eigenvalue weighted by atomic mass is 10.2. The maximum atomic E-state index is 12.1. The van der Waals surface area contributed by atoms with Crippen molar-refractivity contribution in [2.24, 2.45) is 0 Å². The van der Waals surface area contributed by atoms with E-state index in [4.69, 9.17) is 16.7 Å². The minimum absolute atomic E-state index is 0.0213. The molecule has 0 atom stereocenters. The van der Waals surface area contributed by atoms with Crippen LogP contribution in [0.2, 0.25) is 5.02 Å². The van der Waals surface area contributed by atoms with Crippen LogP contribution in [0.1, 0.15) is 12.8 Å². The van der Waals surface area contributed by atoms with E-state index in [0.29, 0.717) is 10.7 Å². The van der Waals surface area contributed by atoms with Crippen molar-refractivity contribution < 1.29 is 23.1 Å². The van der Waals surface area contributed by atoms with E-state index in [1.807, 2.05) is 0 Å². The Morgan fingerprint density at radius 1 is 1.26 bits per heavy atom. The summed E-state index contributed by atoms with van der Waals surface area (Å²) in [6, 6.07) is 6.29. The van der Waals surface area contributed by atoms with Crippen molar-refractivity contribution in [2.75, 3.05) is 18.0 Å². The Bertz CT molecular complexity index is 420. The normalized spacial score (nSPS) is 11.4. The van der Waals surface area contributed by atoms with Gasteiger partial charge in [0.2, 0.25) is 0 Å². The van der Waals surface area contributed by atoms with E-state index >= 15 is 0 Å². The lowest BCUT2D eigenvalue weighted by Gasteiger charge is -2.23. The van der Waals surface area contributed by atoms with E-state index in [-0.39, 0.29) is 19.5 Å². The van der Waals surface area contributed by atoms with E-state index in [9.17, 15) is 18.0 Å². The van der Waals surface area contributed by atoms with E-state index in [2.05, 4.69) is 0 Å². The van der Waals surface area contributed by atoms with Crippen molar-refractivity contribution in [2.45, 2.75) is 19.0 Å². The molecule has 0 heterocycles. The number of benzene rings is 1. The Morgan fingerprint density at radius 2 is 1.84 bits per heavy atom. The number of hydrogen-bond acceptors (Lipinski definition) is 2. The molecule has 1 N–H and O–H groups in total. The van der Waals surface area contributed by atoms with Crippen LogP contribution in [0.4, 0.5) is 18.9 Å². The van der Waals surface area contributed by atoms with Gasteiger partial charge in [0.25, 0.3) is 0 Å². The summed E-state index contributed by atoms with van der Waals surface area (Å²) in [6.45, 7) is -0.326. The third-order valence-corrected chi connectivity index (χ3v) is 2.66. The van der Waals surface area contributed by atoms with Crippen LogP contribution in [0.15, 0.2) is 24.3 Å². The molecular weight excluding hydrogens is 283 g/mol. The first-order valence-corrected chi connectivity index (χ1v) is 5.95. The van der Waals surface area contributed by atoms with Gasteiger partial charge in [0.15, 0.2) is 0 Å². The van der Waals surface area contributed by atoms with Crippen LogP contribution >= 0.6 is 11.6 Å². The molecule has 0 unspecified atom stereocenters. The quantitative estimate of drug-likeness (QED) is 0.872. The van der Waals surface area contributed by atoms with Crippen LogP contribution < -0.4 is 4.90 Å². The maximum Gasteiger partial charge on any atom is 0.389 e. The van der Waals surface area contributed by atoms with Gasteiger partial charge >= 0.3 is 12.1 Å². The van der Waals surface area contributed by atoms with Gasteiger partial charge < -0.3 is 10.0 Å². The topological polar surface area (TPSA) is 40.5 Å². The van der Waals surface area contributed by atoms with Gasteiger partial charge in [0.05, 0.1) is 0 Å². The molecule has 7 heteroatoms. The molecule has 0 radical (unpaired) electrons. The van der Waals surface area contributed by atoms with Gasteiger partial charge in [-0.15, -0.1) is 0 Å². The minimum atomic E-state index is -4.23. The maximum absolute atomic E-state index is 12.1. The molecule has 0 amide bonds. The van der Waals surface area contributed by atoms with Gasteiger partial charge in [0, 0.05) is 23.7 Å². The molecule has 3 nitrogen and oxygen atoms in total. The SMILES string of the molecule is O=C(O)CN(CCCC(F)(F)F)c1ccc(Cl)cc1. The number of anilines is 1. The smallest absolute Gasteiger partial charge is 0.389 e. The highest BCUT2D eigenvalue weighted by atomic mass is 35.5. The molecule has 106 valence electrons. The number of carbonyl (C=O) groups is 1. The van der Waals surface area contributed by atoms with Crippen LogP contribution in [-0.2, 0) is 4.79 Å². The highest BCUT2D eigenvalue weighted by Crippen LogP contribution is 2.23. The van der Waals surface area contributed by atoms with E-state index in [0.717, 1.165) is 0 Å². The average Bonchev–Trinajstić information content (AvgIpc) is 2.26. The van der Waals surface area contributed by atoms with Crippen molar-refractivity contribution in [1.82, 2.24) is 0 Å². The second-order valence-electron chi connectivity index (χ2n) is 4.01. The lowest BCUT2D eigenvalue weighted by molar-refractivity contribution is -0.135. The highest BCUT2D eigenvalue weighted by molar-refractivity contribution is 6.30. The zero-order valence-electron chi connectivity index (χ0n) is 9.95. The Balaban J connectivity index is 2.66. The number of carboxylic acid groups (broad SMARTS) is 1. The molecule has 1 aromatic carbocycles. The number of nitrogens with zero attached hydrogens (tertiary/aromatic N) is 1. The minimum Gasteiger partial charge on any atom is -0.480 e. The van der Waals surface area contributed by atoms with Gasteiger partial charge in [0.1, 0.15) is 6.54 Å². The molecule has 0 aromatic heterocycles. The van der Waals surface area contributed by atoms with Gasteiger partial charge in [-0.25, -0.2) is 0 Å². The summed E-state index contributed by atoms with van der Waals surface area (Å²) in [4.78, 5) is 12.1. The molecule has 0 bridgehead atoms. The summed E-state index contributed by atoms with van der Waals surface area (Å²) in [6.07, 6.45) is -5.31. The average molecular weight is 296 g/mol. The first-order valence-electron chi connectivity index (χ1n) is 5.57. The van der Waals surface area contributed by atoms with Crippen molar-refractivity contribution in [1.29, 1.82) is 0 Å². The van der Waals surface area contributed by atoms with Crippen molar-refractivity contribution >= 4 is 23.3 Å². The third kappa shape index (κ3) is 6.33. The van der Waals surface area contributed by atoms with Crippen LogP contribution in [0.25, 0.3) is 0 Å². The predicted octanol–water partition coefficient (Wildman–Crippen LogP) is 3.57. The van der Waals surface area contributed by atoms with Crippen LogP contribution in [-0.4, -0.2) is 30.3 Å². The Kier molecular flexibility index (Phi) is 5.47. The van der Waals surface area contributed by atoms with E-state index < -0.39 is 18.6 Å². The number of carboxylic acids is 1. The fourth-order valence-electron chi connectivity index (χ4n) is 1.58. The molecule has 0 fully saturated rings. The predicted molar refractivity (Wildman–Crippen MR) is 66.6 cm³/mol. The first kappa shape index (κ1) is 15.6. The Hall–Kier alpha value is -1.43. The molecule has 0 aliphatic heterocycles. The fraction of sp³-hybridized carbons (Fsp3) is 0.417. The van der Waals surface area contributed by atoms with Gasteiger partial charge in [-0.3, -0.25) is 4.79 Å². The summed E-state index contributed by atoms with van der Waals surface area (Å²) in [5.74, 6) is -1.10. The largest absolute Gasteiger partial charge is 0.480 e. The zero-order chi connectivity index (χ0) is 14.5. The molecule has 0 aliphatic carbocycles. The summed E-state index contributed by atoms with van der Waals surface area (Å²) in [7, 11) is 0.